The van der Waals surface area contributed by atoms with Crippen molar-refractivity contribution in [3.8, 4) is 0 Å². The zero-order chi connectivity index (χ0) is 13.5. The highest BCUT2D eigenvalue weighted by Crippen LogP contribution is 2.29. The predicted molar refractivity (Wildman–Crippen MR) is 78.4 cm³/mol. The van der Waals surface area contributed by atoms with E-state index in [9.17, 15) is 0 Å². The molecule has 2 rings (SSSR count). The summed E-state index contributed by atoms with van der Waals surface area (Å²) in [5, 5.41) is 3.97. The highest BCUT2D eigenvalue weighted by Gasteiger charge is 2.05. The molecule has 0 aliphatic carbocycles. The molecule has 6 heteroatoms. The first-order chi connectivity index (χ1) is 9.29. The highest BCUT2D eigenvalue weighted by molar-refractivity contribution is 9.10. The Hall–Kier alpha value is -0.820. The number of methoxy groups -OCH3 is 1. The lowest BCUT2D eigenvalue weighted by molar-refractivity contribution is 0.199. The summed E-state index contributed by atoms with van der Waals surface area (Å²) in [7, 11) is 1.70. The van der Waals surface area contributed by atoms with E-state index >= 15 is 0 Å². The third-order valence-electron chi connectivity index (χ3n) is 2.44. The molecule has 0 aliphatic rings. The molecular weight excluding hydrogens is 328 g/mol. The quantitative estimate of drug-likeness (QED) is 0.782. The van der Waals surface area contributed by atoms with Gasteiger partial charge in [0.25, 0.3) is 5.22 Å². The van der Waals surface area contributed by atoms with Gasteiger partial charge in [0.2, 0.25) is 0 Å². The molecule has 0 aliphatic heterocycles. The van der Waals surface area contributed by atoms with Crippen LogP contribution in [-0.4, -0.2) is 25.2 Å². The van der Waals surface area contributed by atoms with Gasteiger partial charge in [0.1, 0.15) is 6.26 Å². The maximum absolute atomic E-state index is 5.21. The van der Waals surface area contributed by atoms with Gasteiger partial charge < -0.3 is 14.5 Å². The third kappa shape index (κ3) is 4.65. The number of nitrogens with one attached hydrogen (secondary N) is 1. The molecule has 0 unspecified atom stereocenters. The van der Waals surface area contributed by atoms with Crippen molar-refractivity contribution in [3.05, 3.63) is 40.7 Å². The lowest BCUT2D eigenvalue weighted by Gasteiger charge is -2.07. The summed E-state index contributed by atoms with van der Waals surface area (Å²) in [6.07, 6.45) is 3.22. The fourth-order valence-electron chi connectivity index (χ4n) is 1.49. The fourth-order valence-corrected chi connectivity index (χ4v) is 2.90. The normalized spacial score (nSPS) is 10.8. The van der Waals surface area contributed by atoms with Crippen LogP contribution in [0.15, 0.2) is 49.7 Å². The van der Waals surface area contributed by atoms with Gasteiger partial charge in [-0.15, -0.1) is 0 Å². The first kappa shape index (κ1) is 14.6. The number of hydrogen-bond donors (Lipinski definition) is 1. The number of benzene rings is 1. The predicted octanol–water partition coefficient (Wildman–Crippen LogP) is 3.32. The first-order valence-corrected chi connectivity index (χ1v) is 7.46. The van der Waals surface area contributed by atoms with Gasteiger partial charge in [-0.2, -0.15) is 0 Å². The molecule has 102 valence electrons. The Balaban J connectivity index is 1.93. The molecule has 1 aromatic carbocycles. The molecule has 1 N–H and O–H groups in total. The Morgan fingerprint density at radius 1 is 1.47 bits per heavy atom. The number of hydrogen-bond acceptors (Lipinski definition) is 5. The fraction of sp³-hybridized carbons (Fsp3) is 0.308. The van der Waals surface area contributed by atoms with Crippen molar-refractivity contribution in [2.24, 2.45) is 0 Å². The van der Waals surface area contributed by atoms with Crippen LogP contribution in [0.1, 0.15) is 5.56 Å². The van der Waals surface area contributed by atoms with Gasteiger partial charge in [0.05, 0.1) is 12.8 Å². The lowest BCUT2D eigenvalue weighted by atomic mass is 10.2. The monoisotopic (exact) mass is 342 g/mol. The number of nitrogens with zero attached hydrogens (tertiary/aromatic N) is 1. The maximum atomic E-state index is 5.21. The van der Waals surface area contributed by atoms with E-state index in [2.05, 4.69) is 44.4 Å². The SMILES string of the molecule is COCCNCc1ccc(Sc2ncco2)cc1Br. The zero-order valence-electron chi connectivity index (χ0n) is 10.6. The second-order valence-corrected chi connectivity index (χ2v) is 5.70. The van der Waals surface area contributed by atoms with E-state index in [-0.39, 0.29) is 0 Å². The molecule has 0 bridgehead atoms. The third-order valence-corrected chi connectivity index (χ3v) is 4.04. The Morgan fingerprint density at radius 2 is 2.37 bits per heavy atom. The van der Waals surface area contributed by atoms with Crippen molar-refractivity contribution in [3.63, 3.8) is 0 Å². The van der Waals surface area contributed by atoms with Crippen molar-refractivity contribution in [2.45, 2.75) is 16.7 Å². The van der Waals surface area contributed by atoms with E-state index in [1.54, 1.807) is 19.6 Å². The van der Waals surface area contributed by atoms with Crippen molar-refractivity contribution in [1.29, 1.82) is 0 Å². The molecule has 0 radical (unpaired) electrons. The molecule has 0 saturated carbocycles. The average molecular weight is 343 g/mol. The van der Waals surface area contributed by atoms with E-state index in [4.69, 9.17) is 9.15 Å². The molecule has 0 fully saturated rings. The van der Waals surface area contributed by atoms with Gasteiger partial charge in [-0.05, 0) is 29.5 Å². The summed E-state index contributed by atoms with van der Waals surface area (Å²) in [5.41, 5.74) is 1.22. The van der Waals surface area contributed by atoms with Crippen molar-refractivity contribution >= 4 is 27.7 Å². The van der Waals surface area contributed by atoms with Crippen LogP contribution in [0.2, 0.25) is 0 Å². The summed E-state index contributed by atoms with van der Waals surface area (Å²) in [6, 6.07) is 6.23. The van der Waals surface area contributed by atoms with E-state index in [0.29, 0.717) is 5.22 Å². The smallest absolute Gasteiger partial charge is 0.260 e. The van der Waals surface area contributed by atoms with Crippen LogP contribution in [0.25, 0.3) is 0 Å². The molecule has 4 nitrogen and oxygen atoms in total. The first-order valence-electron chi connectivity index (χ1n) is 5.85. The molecule has 1 heterocycles. The topological polar surface area (TPSA) is 47.3 Å². The van der Waals surface area contributed by atoms with E-state index in [0.717, 1.165) is 29.1 Å². The summed E-state index contributed by atoms with van der Waals surface area (Å²) in [4.78, 5) is 5.18. The summed E-state index contributed by atoms with van der Waals surface area (Å²) in [5.74, 6) is 0. The van der Waals surface area contributed by atoms with E-state index < -0.39 is 0 Å². The molecule has 0 spiro atoms. The number of oxazole rings is 1. The second-order valence-electron chi connectivity index (χ2n) is 3.82. The number of halogens is 1. The van der Waals surface area contributed by atoms with Crippen LogP contribution in [0.4, 0.5) is 0 Å². The Kier molecular flexibility index (Phi) is 5.91. The molecule has 2 aromatic rings. The highest BCUT2D eigenvalue weighted by atomic mass is 79.9. The van der Waals surface area contributed by atoms with E-state index in [1.807, 2.05) is 0 Å². The molecular formula is C13H15BrN2O2S. The minimum atomic E-state index is 0.651. The van der Waals surface area contributed by atoms with Gasteiger partial charge in [-0.1, -0.05) is 22.0 Å². The molecule has 0 saturated heterocycles. The maximum Gasteiger partial charge on any atom is 0.260 e. The van der Waals surface area contributed by atoms with Gasteiger partial charge in [-0.3, -0.25) is 0 Å². The van der Waals surface area contributed by atoms with Gasteiger partial charge in [0.15, 0.2) is 0 Å². The number of aromatic nitrogens is 1. The van der Waals surface area contributed by atoms with Gasteiger partial charge in [0, 0.05) is 29.6 Å². The van der Waals surface area contributed by atoms with Crippen molar-refractivity contribution in [1.82, 2.24) is 10.3 Å². The van der Waals surface area contributed by atoms with Crippen LogP contribution in [0.5, 0.6) is 0 Å². The summed E-state index contributed by atoms with van der Waals surface area (Å²) < 4.78 is 11.3. The minimum absolute atomic E-state index is 0.651. The molecule has 19 heavy (non-hydrogen) atoms. The Morgan fingerprint density at radius 3 is 3.05 bits per heavy atom. The number of rotatable bonds is 7. The Bertz CT molecular complexity index is 505. The summed E-state index contributed by atoms with van der Waals surface area (Å²) >= 11 is 5.09. The molecule has 0 atom stereocenters. The van der Waals surface area contributed by atoms with Crippen LogP contribution in [0.3, 0.4) is 0 Å². The minimum Gasteiger partial charge on any atom is -0.440 e. The van der Waals surface area contributed by atoms with Crippen LogP contribution < -0.4 is 5.32 Å². The summed E-state index contributed by atoms with van der Waals surface area (Å²) in [6.45, 7) is 2.37. The van der Waals surface area contributed by atoms with Crippen LogP contribution >= 0.6 is 27.7 Å². The number of ether oxygens (including phenoxy) is 1. The average Bonchev–Trinajstić information content (AvgIpc) is 2.90. The van der Waals surface area contributed by atoms with Crippen molar-refractivity contribution in [2.75, 3.05) is 20.3 Å². The standard InChI is InChI=1S/C13H15BrN2O2S/c1-17-6-4-15-9-10-2-3-11(8-12(10)14)19-13-16-5-7-18-13/h2-3,5,7-8,15H,4,6,9H2,1H3. The molecule has 0 amide bonds. The lowest BCUT2D eigenvalue weighted by Crippen LogP contribution is -2.18. The van der Waals surface area contributed by atoms with Gasteiger partial charge >= 0.3 is 0 Å². The molecule has 1 aromatic heterocycles. The zero-order valence-corrected chi connectivity index (χ0v) is 13.0. The van der Waals surface area contributed by atoms with E-state index in [1.165, 1.54) is 17.3 Å². The van der Waals surface area contributed by atoms with Crippen molar-refractivity contribution < 1.29 is 9.15 Å². The van der Waals surface area contributed by atoms with Crippen LogP contribution in [-0.2, 0) is 11.3 Å². The largest absolute Gasteiger partial charge is 0.440 e. The Labute approximate surface area is 125 Å². The van der Waals surface area contributed by atoms with Gasteiger partial charge in [-0.25, -0.2) is 4.98 Å². The van der Waals surface area contributed by atoms with Crippen LogP contribution in [0, 0.1) is 0 Å². The second kappa shape index (κ2) is 7.69.